The lowest BCUT2D eigenvalue weighted by Gasteiger charge is -2.23. The highest BCUT2D eigenvalue weighted by Gasteiger charge is 2.18. The number of carbonyl (C=O) groups is 1. The fourth-order valence-electron chi connectivity index (χ4n) is 2.17. The maximum atomic E-state index is 11.9. The maximum absolute atomic E-state index is 11.9. The Hall–Kier alpha value is -1.07. The molecule has 1 fully saturated rings. The molecule has 0 bridgehead atoms. The summed E-state index contributed by atoms with van der Waals surface area (Å²) < 4.78 is 5.04. The molecule has 18 heavy (non-hydrogen) atoms. The van der Waals surface area contributed by atoms with Crippen LogP contribution < -0.4 is 10.6 Å². The van der Waals surface area contributed by atoms with Crippen LogP contribution in [0.1, 0.15) is 29.9 Å². The molecule has 6 heteroatoms. The Morgan fingerprint density at radius 1 is 1.56 bits per heavy atom. The fraction of sp³-hybridized carbons (Fsp3) is 0.667. The number of nitrogens with zero attached hydrogens (tertiary/aromatic N) is 1. The molecule has 1 unspecified atom stereocenters. The Bertz CT molecular complexity index is 381. The molecular weight excluding hydrogens is 254 g/mol. The maximum Gasteiger partial charge on any atom is 0.224 e. The first-order valence-electron chi connectivity index (χ1n) is 6.08. The van der Waals surface area contributed by atoms with Gasteiger partial charge in [-0.3, -0.25) is 4.79 Å². The van der Waals surface area contributed by atoms with Crippen molar-refractivity contribution in [3.8, 4) is 0 Å². The van der Waals surface area contributed by atoms with Crippen LogP contribution in [0.3, 0.4) is 0 Å². The van der Waals surface area contributed by atoms with Crippen molar-refractivity contribution in [1.29, 1.82) is 0 Å². The summed E-state index contributed by atoms with van der Waals surface area (Å²) in [4.78, 5) is 11.9. The molecule has 2 heterocycles. The molecule has 0 radical (unpaired) electrons. The van der Waals surface area contributed by atoms with Crippen molar-refractivity contribution in [2.45, 2.75) is 39.2 Å². The summed E-state index contributed by atoms with van der Waals surface area (Å²) in [6, 6.07) is 0.261. The molecule has 1 saturated heterocycles. The number of nitrogens with one attached hydrogen (secondary N) is 2. The van der Waals surface area contributed by atoms with Gasteiger partial charge in [-0.05, 0) is 33.2 Å². The Morgan fingerprint density at radius 2 is 2.33 bits per heavy atom. The number of halogens is 1. The van der Waals surface area contributed by atoms with Crippen molar-refractivity contribution in [2.75, 3.05) is 13.1 Å². The van der Waals surface area contributed by atoms with Crippen molar-refractivity contribution in [1.82, 2.24) is 15.8 Å². The lowest BCUT2D eigenvalue weighted by atomic mass is 10.1. The molecule has 0 aromatic carbocycles. The number of rotatable bonds is 3. The van der Waals surface area contributed by atoms with Crippen LogP contribution in [-0.2, 0) is 11.2 Å². The average molecular weight is 274 g/mol. The van der Waals surface area contributed by atoms with Crippen molar-refractivity contribution in [3.05, 3.63) is 17.0 Å². The number of piperidine rings is 1. The third kappa shape index (κ3) is 3.71. The predicted octanol–water partition coefficient (Wildman–Crippen LogP) is 1.12. The van der Waals surface area contributed by atoms with E-state index in [9.17, 15) is 4.79 Å². The van der Waals surface area contributed by atoms with Crippen molar-refractivity contribution < 1.29 is 9.32 Å². The topological polar surface area (TPSA) is 67.2 Å². The van der Waals surface area contributed by atoms with Gasteiger partial charge in [0.15, 0.2) is 0 Å². The largest absolute Gasteiger partial charge is 0.361 e. The molecule has 0 saturated carbocycles. The van der Waals surface area contributed by atoms with Gasteiger partial charge in [0.25, 0.3) is 0 Å². The van der Waals surface area contributed by atoms with Crippen LogP contribution in [0.15, 0.2) is 4.52 Å². The lowest BCUT2D eigenvalue weighted by Crippen LogP contribution is -2.46. The Morgan fingerprint density at radius 3 is 2.89 bits per heavy atom. The van der Waals surface area contributed by atoms with Crippen LogP contribution in [0.4, 0.5) is 0 Å². The zero-order chi connectivity index (χ0) is 12.3. The quantitative estimate of drug-likeness (QED) is 0.866. The molecule has 2 N–H and O–H groups in total. The second kappa shape index (κ2) is 6.75. The van der Waals surface area contributed by atoms with Gasteiger partial charge in [0.1, 0.15) is 5.76 Å². The standard InChI is InChI=1S/C12H19N3O2.ClH/c1-8-11(9(2)17-15-8)6-12(16)14-10-4-3-5-13-7-10;/h10,13H,3-7H2,1-2H3,(H,14,16);1H. The first kappa shape index (κ1) is 15.0. The summed E-state index contributed by atoms with van der Waals surface area (Å²) in [5, 5.41) is 10.2. The minimum atomic E-state index is 0. The molecule has 1 aromatic rings. The van der Waals surface area contributed by atoms with E-state index in [0.717, 1.165) is 42.9 Å². The SMILES string of the molecule is Cc1noc(C)c1CC(=O)NC1CCCNC1.Cl. The second-order valence-electron chi connectivity index (χ2n) is 4.59. The summed E-state index contributed by atoms with van der Waals surface area (Å²) in [6.45, 7) is 5.62. The molecule has 1 aromatic heterocycles. The first-order chi connectivity index (χ1) is 8.16. The van der Waals surface area contributed by atoms with E-state index in [1.54, 1.807) is 0 Å². The normalized spacial score (nSPS) is 19.1. The number of aromatic nitrogens is 1. The van der Waals surface area contributed by atoms with Crippen LogP contribution in [0, 0.1) is 13.8 Å². The average Bonchev–Trinajstić information content (AvgIpc) is 2.62. The summed E-state index contributed by atoms with van der Waals surface area (Å²) >= 11 is 0. The van der Waals surface area contributed by atoms with Gasteiger partial charge in [-0.1, -0.05) is 5.16 Å². The van der Waals surface area contributed by atoms with E-state index < -0.39 is 0 Å². The monoisotopic (exact) mass is 273 g/mol. The van der Waals surface area contributed by atoms with Gasteiger partial charge in [-0.15, -0.1) is 12.4 Å². The molecule has 1 aliphatic rings. The van der Waals surface area contributed by atoms with Crippen LogP contribution >= 0.6 is 12.4 Å². The molecule has 102 valence electrons. The van der Waals surface area contributed by atoms with Crippen LogP contribution in [0.2, 0.25) is 0 Å². The van der Waals surface area contributed by atoms with Gasteiger partial charge >= 0.3 is 0 Å². The van der Waals surface area contributed by atoms with E-state index in [1.165, 1.54) is 0 Å². The number of hydrogen-bond acceptors (Lipinski definition) is 4. The molecule has 1 atom stereocenters. The van der Waals surface area contributed by atoms with E-state index in [0.29, 0.717) is 6.42 Å². The van der Waals surface area contributed by atoms with Crippen LogP contribution in [0.5, 0.6) is 0 Å². The number of hydrogen-bond donors (Lipinski definition) is 2. The van der Waals surface area contributed by atoms with E-state index in [-0.39, 0.29) is 24.4 Å². The fourth-order valence-corrected chi connectivity index (χ4v) is 2.17. The predicted molar refractivity (Wildman–Crippen MR) is 71.0 cm³/mol. The summed E-state index contributed by atoms with van der Waals surface area (Å²) in [7, 11) is 0. The van der Waals surface area contributed by atoms with Gasteiger partial charge in [0, 0.05) is 18.2 Å². The minimum absolute atomic E-state index is 0. The molecule has 1 aliphatic heterocycles. The highest BCUT2D eigenvalue weighted by atomic mass is 35.5. The van der Waals surface area contributed by atoms with Gasteiger partial charge in [-0.2, -0.15) is 0 Å². The summed E-state index contributed by atoms with van der Waals surface area (Å²) in [5.74, 6) is 0.785. The van der Waals surface area contributed by atoms with E-state index >= 15 is 0 Å². The number of carbonyl (C=O) groups excluding carboxylic acids is 1. The molecule has 2 rings (SSSR count). The van der Waals surface area contributed by atoms with E-state index in [2.05, 4.69) is 15.8 Å². The zero-order valence-corrected chi connectivity index (χ0v) is 11.6. The Balaban J connectivity index is 0.00000162. The smallest absolute Gasteiger partial charge is 0.224 e. The summed E-state index contributed by atoms with van der Waals surface area (Å²) in [5.41, 5.74) is 1.71. The highest BCUT2D eigenvalue weighted by Crippen LogP contribution is 2.13. The molecule has 5 nitrogen and oxygen atoms in total. The van der Waals surface area contributed by atoms with Crippen LogP contribution in [0.25, 0.3) is 0 Å². The van der Waals surface area contributed by atoms with Crippen LogP contribution in [-0.4, -0.2) is 30.2 Å². The van der Waals surface area contributed by atoms with Gasteiger partial charge in [-0.25, -0.2) is 0 Å². The number of amides is 1. The third-order valence-corrected chi connectivity index (χ3v) is 3.18. The summed E-state index contributed by atoms with van der Waals surface area (Å²) in [6.07, 6.45) is 2.54. The molecule has 1 amide bonds. The van der Waals surface area contributed by atoms with Crippen molar-refractivity contribution >= 4 is 18.3 Å². The zero-order valence-electron chi connectivity index (χ0n) is 10.8. The van der Waals surface area contributed by atoms with E-state index in [4.69, 9.17) is 4.52 Å². The minimum Gasteiger partial charge on any atom is -0.361 e. The van der Waals surface area contributed by atoms with Gasteiger partial charge in [0.05, 0.1) is 12.1 Å². The first-order valence-corrected chi connectivity index (χ1v) is 6.08. The highest BCUT2D eigenvalue weighted by molar-refractivity contribution is 5.85. The Labute approximate surface area is 113 Å². The van der Waals surface area contributed by atoms with Gasteiger partial charge in [0.2, 0.25) is 5.91 Å². The van der Waals surface area contributed by atoms with Gasteiger partial charge < -0.3 is 15.2 Å². The Kier molecular flexibility index (Phi) is 5.62. The lowest BCUT2D eigenvalue weighted by molar-refractivity contribution is -0.121. The molecular formula is C12H20ClN3O2. The second-order valence-corrected chi connectivity index (χ2v) is 4.59. The number of aryl methyl sites for hydroxylation is 2. The van der Waals surface area contributed by atoms with E-state index in [1.807, 2.05) is 13.8 Å². The molecule has 0 spiro atoms. The molecule has 0 aliphatic carbocycles. The van der Waals surface area contributed by atoms with Crippen molar-refractivity contribution in [2.24, 2.45) is 0 Å². The third-order valence-electron chi connectivity index (χ3n) is 3.18. The van der Waals surface area contributed by atoms with Crippen molar-refractivity contribution in [3.63, 3.8) is 0 Å².